The molecule has 0 fully saturated rings. The van der Waals surface area contributed by atoms with Gasteiger partial charge in [-0.15, -0.1) is 0 Å². The van der Waals surface area contributed by atoms with Crippen LogP contribution in [0.3, 0.4) is 0 Å². The van der Waals surface area contributed by atoms with E-state index in [-0.39, 0.29) is 0 Å². The average Bonchev–Trinajstić information content (AvgIpc) is 2.79. The Balaban J connectivity index is 2.11. The third-order valence-corrected chi connectivity index (χ3v) is 3.22. The summed E-state index contributed by atoms with van der Waals surface area (Å²) < 4.78 is 2.19. The van der Waals surface area contributed by atoms with Gasteiger partial charge in [0.25, 0.3) is 0 Å². The first-order valence-electron chi connectivity index (χ1n) is 6.48. The Morgan fingerprint density at radius 2 is 2.17 bits per heavy atom. The maximum atomic E-state index is 4.53. The van der Waals surface area contributed by atoms with Crippen molar-refractivity contribution in [2.24, 2.45) is 0 Å². The second kappa shape index (κ2) is 5.83. The summed E-state index contributed by atoms with van der Waals surface area (Å²) in [5.41, 5.74) is 3.52. The molecule has 2 heterocycles. The highest BCUT2D eigenvalue weighted by Crippen LogP contribution is 2.16. The van der Waals surface area contributed by atoms with Crippen molar-refractivity contribution in [3.8, 4) is 0 Å². The SMILES string of the molecule is CCC(NC)c1ccn(Cc2cccc(C)n2)c1. The van der Waals surface area contributed by atoms with Gasteiger partial charge in [-0.1, -0.05) is 13.0 Å². The normalized spacial score (nSPS) is 12.6. The van der Waals surface area contributed by atoms with E-state index >= 15 is 0 Å². The fraction of sp³-hybridized carbons (Fsp3) is 0.400. The van der Waals surface area contributed by atoms with Gasteiger partial charge in [-0.05, 0) is 44.2 Å². The summed E-state index contributed by atoms with van der Waals surface area (Å²) in [5, 5.41) is 3.33. The molecule has 0 aliphatic carbocycles. The predicted octanol–water partition coefficient (Wildman–Crippen LogP) is 2.91. The third-order valence-electron chi connectivity index (χ3n) is 3.22. The summed E-state index contributed by atoms with van der Waals surface area (Å²) in [5.74, 6) is 0. The fourth-order valence-corrected chi connectivity index (χ4v) is 2.24. The van der Waals surface area contributed by atoms with Crippen molar-refractivity contribution in [3.63, 3.8) is 0 Å². The van der Waals surface area contributed by atoms with Crippen LogP contribution in [0.1, 0.15) is 36.3 Å². The molecule has 0 spiro atoms. The van der Waals surface area contributed by atoms with Crippen LogP contribution in [0.25, 0.3) is 0 Å². The highest BCUT2D eigenvalue weighted by atomic mass is 15.0. The first-order valence-corrected chi connectivity index (χ1v) is 6.48. The van der Waals surface area contributed by atoms with E-state index in [1.165, 1.54) is 5.56 Å². The quantitative estimate of drug-likeness (QED) is 0.875. The maximum absolute atomic E-state index is 4.53. The molecule has 18 heavy (non-hydrogen) atoms. The van der Waals surface area contributed by atoms with Gasteiger partial charge >= 0.3 is 0 Å². The highest BCUT2D eigenvalue weighted by Gasteiger charge is 2.08. The van der Waals surface area contributed by atoms with Gasteiger partial charge in [-0.25, -0.2) is 0 Å². The predicted molar refractivity (Wildman–Crippen MR) is 74.6 cm³/mol. The molecule has 1 atom stereocenters. The minimum Gasteiger partial charge on any atom is -0.348 e. The number of hydrogen-bond donors (Lipinski definition) is 1. The van der Waals surface area contributed by atoms with Gasteiger partial charge in [0.1, 0.15) is 0 Å². The maximum Gasteiger partial charge on any atom is 0.0642 e. The van der Waals surface area contributed by atoms with Crippen molar-refractivity contribution in [2.75, 3.05) is 7.05 Å². The van der Waals surface area contributed by atoms with Crippen LogP contribution in [0, 0.1) is 6.92 Å². The first kappa shape index (κ1) is 12.8. The van der Waals surface area contributed by atoms with E-state index in [0.29, 0.717) is 6.04 Å². The number of hydrogen-bond acceptors (Lipinski definition) is 2. The second-order valence-corrected chi connectivity index (χ2v) is 4.64. The van der Waals surface area contributed by atoms with E-state index < -0.39 is 0 Å². The molecule has 2 aromatic rings. The standard InChI is InChI=1S/C15H21N3/c1-4-15(16-3)13-8-9-18(10-13)11-14-7-5-6-12(2)17-14/h5-10,15-16H,4,11H2,1-3H3. The molecule has 1 unspecified atom stereocenters. The van der Waals surface area contributed by atoms with Crippen molar-refractivity contribution >= 4 is 0 Å². The minimum absolute atomic E-state index is 0.441. The number of aryl methyl sites for hydroxylation is 1. The van der Waals surface area contributed by atoms with E-state index in [2.05, 4.69) is 52.4 Å². The first-order chi connectivity index (χ1) is 8.72. The van der Waals surface area contributed by atoms with Crippen LogP contribution in [0.4, 0.5) is 0 Å². The zero-order valence-electron chi connectivity index (χ0n) is 11.4. The Bertz CT molecular complexity index is 498. The fourth-order valence-electron chi connectivity index (χ4n) is 2.24. The van der Waals surface area contributed by atoms with Crippen molar-refractivity contribution in [1.82, 2.24) is 14.9 Å². The Hall–Kier alpha value is -1.61. The number of rotatable bonds is 5. The molecule has 0 saturated carbocycles. The zero-order valence-corrected chi connectivity index (χ0v) is 11.4. The molecule has 0 aromatic carbocycles. The third kappa shape index (κ3) is 2.99. The number of aromatic nitrogens is 2. The summed E-state index contributed by atoms with van der Waals surface area (Å²) in [6.07, 6.45) is 5.43. The molecule has 96 valence electrons. The van der Waals surface area contributed by atoms with Gasteiger partial charge in [-0.3, -0.25) is 4.98 Å². The Kier molecular flexibility index (Phi) is 4.15. The van der Waals surface area contributed by atoms with E-state index in [1.54, 1.807) is 0 Å². The molecule has 0 radical (unpaired) electrons. The van der Waals surface area contributed by atoms with Crippen LogP contribution in [0.5, 0.6) is 0 Å². The van der Waals surface area contributed by atoms with Gasteiger partial charge in [-0.2, -0.15) is 0 Å². The van der Waals surface area contributed by atoms with Crippen molar-refractivity contribution < 1.29 is 0 Å². The summed E-state index contributed by atoms with van der Waals surface area (Å²) in [7, 11) is 2.01. The molecule has 2 aromatic heterocycles. The van der Waals surface area contributed by atoms with Crippen LogP contribution in [0.15, 0.2) is 36.7 Å². The van der Waals surface area contributed by atoms with Crippen LogP contribution in [-0.2, 0) is 6.54 Å². The zero-order chi connectivity index (χ0) is 13.0. The van der Waals surface area contributed by atoms with E-state index in [1.807, 2.05) is 20.0 Å². The molecule has 3 nitrogen and oxygen atoms in total. The Morgan fingerprint density at radius 3 is 2.83 bits per heavy atom. The molecule has 0 saturated heterocycles. The van der Waals surface area contributed by atoms with E-state index in [4.69, 9.17) is 0 Å². The molecule has 0 aliphatic heterocycles. The summed E-state index contributed by atoms with van der Waals surface area (Å²) in [6, 6.07) is 8.78. The number of nitrogens with zero attached hydrogens (tertiary/aromatic N) is 2. The molecular formula is C15H21N3. The molecule has 2 rings (SSSR count). The Morgan fingerprint density at radius 1 is 1.33 bits per heavy atom. The number of pyridine rings is 1. The second-order valence-electron chi connectivity index (χ2n) is 4.64. The van der Waals surface area contributed by atoms with E-state index in [9.17, 15) is 0 Å². The molecule has 3 heteroatoms. The smallest absolute Gasteiger partial charge is 0.0642 e. The van der Waals surface area contributed by atoms with Gasteiger partial charge in [0.15, 0.2) is 0 Å². The summed E-state index contributed by atoms with van der Waals surface area (Å²) >= 11 is 0. The molecule has 0 bridgehead atoms. The summed E-state index contributed by atoms with van der Waals surface area (Å²) in [4.78, 5) is 4.53. The van der Waals surface area contributed by atoms with Crippen LogP contribution >= 0.6 is 0 Å². The lowest BCUT2D eigenvalue weighted by Crippen LogP contribution is -2.14. The molecular weight excluding hydrogens is 222 g/mol. The Labute approximate surface area is 109 Å². The number of nitrogens with one attached hydrogen (secondary N) is 1. The van der Waals surface area contributed by atoms with E-state index in [0.717, 1.165) is 24.4 Å². The molecule has 0 amide bonds. The summed E-state index contributed by atoms with van der Waals surface area (Å²) in [6.45, 7) is 5.06. The lowest BCUT2D eigenvalue weighted by molar-refractivity contribution is 0.575. The lowest BCUT2D eigenvalue weighted by Gasteiger charge is -2.11. The van der Waals surface area contributed by atoms with Crippen molar-refractivity contribution in [2.45, 2.75) is 32.9 Å². The topological polar surface area (TPSA) is 29.9 Å². The van der Waals surface area contributed by atoms with Crippen LogP contribution in [0.2, 0.25) is 0 Å². The van der Waals surface area contributed by atoms with Crippen molar-refractivity contribution in [3.05, 3.63) is 53.6 Å². The lowest BCUT2D eigenvalue weighted by atomic mass is 10.1. The highest BCUT2D eigenvalue weighted by molar-refractivity contribution is 5.17. The monoisotopic (exact) mass is 243 g/mol. The van der Waals surface area contributed by atoms with Crippen LogP contribution < -0.4 is 5.32 Å². The minimum atomic E-state index is 0.441. The van der Waals surface area contributed by atoms with Gasteiger partial charge in [0.2, 0.25) is 0 Å². The van der Waals surface area contributed by atoms with Crippen molar-refractivity contribution in [1.29, 1.82) is 0 Å². The van der Waals surface area contributed by atoms with Gasteiger partial charge < -0.3 is 9.88 Å². The van der Waals surface area contributed by atoms with Crippen LogP contribution in [-0.4, -0.2) is 16.6 Å². The van der Waals surface area contributed by atoms with Gasteiger partial charge in [0.05, 0.1) is 12.2 Å². The average molecular weight is 243 g/mol. The molecule has 1 N–H and O–H groups in total. The largest absolute Gasteiger partial charge is 0.348 e. The molecule has 0 aliphatic rings. The van der Waals surface area contributed by atoms with Gasteiger partial charge in [0, 0.05) is 24.1 Å².